The minimum atomic E-state index is -0.840. The molecule has 0 amide bonds. The fraction of sp³-hybridized carbons (Fsp3) is 0.667. The molecule has 4 rings (SSSR count). The molecule has 7 nitrogen and oxygen atoms in total. The van der Waals surface area contributed by atoms with E-state index in [-0.39, 0.29) is 29.1 Å². The Morgan fingerprint density at radius 3 is 2.48 bits per heavy atom. The van der Waals surface area contributed by atoms with Gasteiger partial charge in [0.25, 0.3) is 0 Å². The van der Waals surface area contributed by atoms with E-state index in [1.807, 2.05) is 0 Å². The summed E-state index contributed by atoms with van der Waals surface area (Å²) >= 11 is 0. The van der Waals surface area contributed by atoms with Gasteiger partial charge in [-0.1, -0.05) is 6.58 Å². The summed E-state index contributed by atoms with van der Waals surface area (Å²) in [6, 6.07) is 0. The van der Waals surface area contributed by atoms with Crippen LogP contribution in [0, 0.1) is 23.7 Å². The number of hydrogen-bond donors (Lipinski definition) is 0. The second kappa shape index (κ2) is 6.98. The molecule has 0 heterocycles. The summed E-state index contributed by atoms with van der Waals surface area (Å²) in [6.07, 6.45) is 3.16. The number of ketones is 1. The van der Waals surface area contributed by atoms with Crippen LogP contribution in [0.15, 0.2) is 12.2 Å². The van der Waals surface area contributed by atoms with Gasteiger partial charge in [0.05, 0.1) is 5.92 Å². The zero-order valence-corrected chi connectivity index (χ0v) is 14.2. The topological polar surface area (TPSA) is 96.0 Å². The van der Waals surface area contributed by atoms with Gasteiger partial charge in [0.1, 0.15) is 11.9 Å². The van der Waals surface area contributed by atoms with Crippen molar-refractivity contribution in [1.29, 1.82) is 0 Å². The average Bonchev–Trinajstić information content (AvgIpc) is 2.57. The molecule has 25 heavy (non-hydrogen) atoms. The van der Waals surface area contributed by atoms with Crippen molar-refractivity contribution in [2.75, 3.05) is 13.2 Å². The van der Waals surface area contributed by atoms with Gasteiger partial charge in [0.2, 0.25) is 0 Å². The third-order valence-electron chi connectivity index (χ3n) is 5.35. The highest BCUT2D eigenvalue weighted by atomic mass is 16.6. The van der Waals surface area contributed by atoms with Crippen LogP contribution in [0.2, 0.25) is 0 Å². The maximum atomic E-state index is 12.3. The van der Waals surface area contributed by atoms with Crippen LogP contribution in [0.25, 0.3) is 0 Å². The lowest BCUT2D eigenvalue weighted by Gasteiger charge is -2.52. The van der Waals surface area contributed by atoms with E-state index in [4.69, 9.17) is 9.47 Å². The summed E-state index contributed by atoms with van der Waals surface area (Å²) in [6.45, 7) is 3.70. The Kier molecular flexibility index (Phi) is 4.92. The van der Waals surface area contributed by atoms with Crippen molar-refractivity contribution in [2.45, 2.75) is 38.7 Å². The molecule has 0 radical (unpaired) electrons. The molecule has 0 N–H and O–H groups in total. The second-order valence-corrected chi connectivity index (χ2v) is 7.25. The van der Waals surface area contributed by atoms with Crippen LogP contribution >= 0.6 is 0 Å². The van der Waals surface area contributed by atoms with Crippen molar-refractivity contribution in [3.8, 4) is 0 Å². The molecule has 5 atom stereocenters. The largest absolute Gasteiger partial charge is 0.459 e. The molecular weight excluding hydrogens is 328 g/mol. The molecule has 4 bridgehead atoms. The Morgan fingerprint density at radius 1 is 1.04 bits per heavy atom. The van der Waals surface area contributed by atoms with Gasteiger partial charge in [-0.15, -0.1) is 0 Å². The van der Waals surface area contributed by atoms with Gasteiger partial charge in [-0.25, -0.2) is 14.4 Å². The maximum absolute atomic E-state index is 12.3. The smallest absolute Gasteiger partial charge is 0.344 e. The summed E-state index contributed by atoms with van der Waals surface area (Å²) in [5.74, 6) is -1.26. The van der Waals surface area contributed by atoms with Crippen molar-refractivity contribution >= 4 is 23.7 Å². The van der Waals surface area contributed by atoms with Gasteiger partial charge >= 0.3 is 17.9 Å². The molecule has 0 aromatic rings. The van der Waals surface area contributed by atoms with Crippen LogP contribution in [-0.2, 0) is 33.4 Å². The fourth-order valence-corrected chi connectivity index (χ4v) is 4.37. The number of carbonyl (C=O) groups excluding carboxylic acids is 4. The molecule has 0 aromatic carbocycles. The first-order chi connectivity index (χ1) is 11.8. The van der Waals surface area contributed by atoms with Gasteiger partial charge in [-0.05, 0) is 44.4 Å². The van der Waals surface area contributed by atoms with Crippen molar-refractivity contribution < 1.29 is 33.4 Å². The van der Waals surface area contributed by atoms with Crippen molar-refractivity contribution in [1.82, 2.24) is 0 Å². The normalized spacial score (nSPS) is 32.2. The van der Waals surface area contributed by atoms with E-state index in [2.05, 4.69) is 11.3 Å². The highest BCUT2D eigenvalue weighted by molar-refractivity contribution is 5.89. The predicted octanol–water partition coefficient (Wildman–Crippen LogP) is 1.20. The van der Waals surface area contributed by atoms with Gasteiger partial charge in [0.15, 0.2) is 13.2 Å². The molecule has 4 saturated carbocycles. The number of carbonyl (C=O) groups is 4. The molecule has 0 spiro atoms. The van der Waals surface area contributed by atoms with Gasteiger partial charge in [0, 0.05) is 11.5 Å². The van der Waals surface area contributed by atoms with E-state index in [9.17, 15) is 19.2 Å². The van der Waals surface area contributed by atoms with Crippen LogP contribution in [0.5, 0.6) is 0 Å². The minimum absolute atomic E-state index is 0.137. The third kappa shape index (κ3) is 3.75. The summed E-state index contributed by atoms with van der Waals surface area (Å²) in [5, 5.41) is 0. The zero-order chi connectivity index (χ0) is 18.1. The summed E-state index contributed by atoms with van der Waals surface area (Å²) in [5.41, 5.74) is 0.166. The molecule has 5 unspecified atom stereocenters. The average molecular weight is 350 g/mol. The van der Waals surface area contributed by atoms with Crippen LogP contribution in [0.1, 0.15) is 32.6 Å². The van der Waals surface area contributed by atoms with Gasteiger partial charge in [-0.2, -0.15) is 0 Å². The molecule has 4 aliphatic rings. The first-order valence-electron chi connectivity index (χ1n) is 8.56. The highest BCUT2D eigenvalue weighted by Crippen LogP contribution is 2.52. The summed E-state index contributed by atoms with van der Waals surface area (Å²) < 4.78 is 14.8. The van der Waals surface area contributed by atoms with Crippen LogP contribution < -0.4 is 0 Å². The lowest BCUT2D eigenvalue weighted by molar-refractivity contribution is -0.181. The predicted molar refractivity (Wildman–Crippen MR) is 84.0 cm³/mol. The van der Waals surface area contributed by atoms with Crippen molar-refractivity contribution in [3.05, 3.63) is 12.2 Å². The molecule has 0 aliphatic heterocycles. The quantitative estimate of drug-likeness (QED) is 0.403. The number of ether oxygens (including phenoxy) is 3. The number of esters is 3. The van der Waals surface area contributed by atoms with E-state index in [0.717, 1.165) is 25.7 Å². The van der Waals surface area contributed by atoms with Crippen molar-refractivity contribution in [2.24, 2.45) is 23.7 Å². The Balaban J connectivity index is 1.44. The molecule has 4 fully saturated rings. The van der Waals surface area contributed by atoms with Gasteiger partial charge < -0.3 is 14.2 Å². The molecule has 4 aliphatic carbocycles. The second-order valence-electron chi connectivity index (χ2n) is 7.25. The number of hydrogen-bond acceptors (Lipinski definition) is 7. The molecular formula is C18H22O7. The summed E-state index contributed by atoms with van der Waals surface area (Å²) in [4.78, 5) is 46.9. The van der Waals surface area contributed by atoms with E-state index in [0.29, 0.717) is 5.92 Å². The Bertz CT molecular complexity index is 623. The van der Waals surface area contributed by atoms with Gasteiger partial charge in [-0.3, -0.25) is 4.79 Å². The third-order valence-corrected chi connectivity index (χ3v) is 5.35. The fourth-order valence-electron chi connectivity index (χ4n) is 4.37. The van der Waals surface area contributed by atoms with E-state index in [1.165, 1.54) is 6.92 Å². The van der Waals surface area contributed by atoms with E-state index in [1.54, 1.807) is 0 Å². The molecule has 136 valence electrons. The Labute approximate surface area is 145 Å². The lowest BCUT2D eigenvalue weighted by atomic mass is 9.54. The van der Waals surface area contributed by atoms with E-state index < -0.39 is 37.2 Å². The van der Waals surface area contributed by atoms with Crippen LogP contribution in [0.3, 0.4) is 0 Å². The first kappa shape index (κ1) is 17.6. The minimum Gasteiger partial charge on any atom is -0.459 e. The number of Topliss-reactive ketones (excluding diaryl/α,β-unsaturated/α-hetero) is 1. The first-order valence-corrected chi connectivity index (χ1v) is 8.56. The monoisotopic (exact) mass is 350 g/mol. The van der Waals surface area contributed by atoms with E-state index >= 15 is 0 Å². The standard InChI is InChI=1S/C18H22O7/c1-9(2)18(22)24-7-14(19)23-8-15(20)25-17-12-4-10-3-11(6-12)16(21)13(17)5-10/h10-13,17H,1,3-8H2,2H3. The van der Waals surface area contributed by atoms with Crippen LogP contribution in [0.4, 0.5) is 0 Å². The lowest BCUT2D eigenvalue weighted by Crippen LogP contribution is -2.55. The molecule has 0 saturated heterocycles. The highest BCUT2D eigenvalue weighted by Gasteiger charge is 2.54. The van der Waals surface area contributed by atoms with Crippen molar-refractivity contribution in [3.63, 3.8) is 0 Å². The number of rotatable bonds is 6. The molecule has 7 heteroatoms. The Hall–Kier alpha value is -2.18. The molecule has 0 aromatic heterocycles. The zero-order valence-electron chi connectivity index (χ0n) is 14.2. The summed E-state index contributed by atoms with van der Waals surface area (Å²) in [7, 11) is 0. The van der Waals surface area contributed by atoms with Crippen LogP contribution in [-0.4, -0.2) is 43.0 Å². The Morgan fingerprint density at radius 2 is 1.76 bits per heavy atom. The maximum Gasteiger partial charge on any atom is 0.344 e. The SMILES string of the molecule is C=C(C)C(=O)OCC(=O)OCC(=O)OC1C2CC3CC(C2)C(=O)C1C3.